The monoisotopic (exact) mass is 338 g/mol. The average molecular weight is 338 g/mol. The highest BCUT2D eigenvalue weighted by atomic mass is 16.6. The van der Waals surface area contributed by atoms with Crippen LogP contribution in [0.15, 0.2) is 0 Å². The highest BCUT2D eigenvalue weighted by Gasteiger charge is 2.28. The molecule has 0 bridgehead atoms. The van der Waals surface area contributed by atoms with Crippen LogP contribution in [0.4, 0.5) is 22.2 Å². The molecule has 1 aromatic heterocycles. The van der Waals surface area contributed by atoms with Gasteiger partial charge in [0.2, 0.25) is 11.8 Å². The number of anilines is 2. The predicted molar refractivity (Wildman–Crippen MR) is 87.9 cm³/mol. The average Bonchev–Trinajstić information content (AvgIpc) is 2.44. The van der Waals surface area contributed by atoms with Gasteiger partial charge in [0.1, 0.15) is 11.3 Å². The fraction of sp³-hybridized carbons (Fsp3) is 0.643. The van der Waals surface area contributed by atoms with E-state index in [0.717, 1.165) is 0 Å². The zero-order valence-electron chi connectivity index (χ0n) is 14.3. The lowest BCUT2D eigenvalue weighted by Crippen LogP contribution is -2.50. The molecule has 1 aliphatic rings. The molecule has 1 aromatic rings. The third kappa shape index (κ3) is 4.00. The molecular weight excluding hydrogens is 316 g/mol. The minimum absolute atomic E-state index is 0.155. The molecule has 2 rings (SSSR count). The second-order valence-corrected chi connectivity index (χ2v) is 6.55. The van der Waals surface area contributed by atoms with E-state index in [-0.39, 0.29) is 23.3 Å². The summed E-state index contributed by atoms with van der Waals surface area (Å²) in [5.41, 5.74) is 5.08. The van der Waals surface area contributed by atoms with Crippen LogP contribution in [0.2, 0.25) is 0 Å². The van der Waals surface area contributed by atoms with Crippen molar-refractivity contribution in [1.29, 1.82) is 0 Å². The van der Waals surface area contributed by atoms with Crippen molar-refractivity contribution >= 4 is 23.5 Å². The zero-order valence-corrected chi connectivity index (χ0v) is 14.3. The summed E-state index contributed by atoms with van der Waals surface area (Å²) in [6.45, 7) is 8.87. The number of nitrogens with two attached hydrogens (primary N) is 1. The molecule has 1 fully saturated rings. The first kappa shape index (κ1) is 17.7. The Morgan fingerprint density at radius 2 is 1.83 bits per heavy atom. The van der Waals surface area contributed by atoms with Gasteiger partial charge in [-0.15, -0.1) is 0 Å². The van der Waals surface area contributed by atoms with Crippen LogP contribution in [0.5, 0.6) is 0 Å². The van der Waals surface area contributed by atoms with Crippen LogP contribution in [-0.2, 0) is 4.74 Å². The van der Waals surface area contributed by atoms with E-state index in [4.69, 9.17) is 10.5 Å². The number of hydrogen-bond acceptors (Lipinski definition) is 8. The van der Waals surface area contributed by atoms with Gasteiger partial charge in [0.15, 0.2) is 0 Å². The molecule has 24 heavy (non-hydrogen) atoms. The van der Waals surface area contributed by atoms with Crippen molar-refractivity contribution in [2.24, 2.45) is 0 Å². The number of aryl methyl sites for hydroxylation is 1. The van der Waals surface area contributed by atoms with Crippen LogP contribution < -0.4 is 10.6 Å². The molecule has 1 aliphatic heterocycles. The van der Waals surface area contributed by atoms with E-state index < -0.39 is 10.5 Å². The Kier molecular flexibility index (Phi) is 4.76. The summed E-state index contributed by atoms with van der Waals surface area (Å²) in [4.78, 5) is 34.0. The van der Waals surface area contributed by atoms with Crippen molar-refractivity contribution in [2.45, 2.75) is 33.3 Å². The first-order valence-electron chi connectivity index (χ1n) is 7.60. The van der Waals surface area contributed by atoms with Gasteiger partial charge in [0, 0.05) is 26.2 Å². The maximum atomic E-state index is 12.0. The lowest BCUT2D eigenvalue weighted by molar-refractivity contribution is -0.385. The number of rotatable bonds is 2. The van der Waals surface area contributed by atoms with Gasteiger partial charge in [-0.1, -0.05) is 0 Å². The first-order chi connectivity index (χ1) is 11.1. The first-order valence-corrected chi connectivity index (χ1v) is 7.60. The fourth-order valence-corrected chi connectivity index (χ4v) is 2.36. The lowest BCUT2D eigenvalue weighted by atomic mass is 10.2. The Morgan fingerprint density at radius 1 is 1.25 bits per heavy atom. The fourth-order valence-electron chi connectivity index (χ4n) is 2.36. The summed E-state index contributed by atoms with van der Waals surface area (Å²) in [7, 11) is 0. The van der Waals surface area contributed by atoms with Gasteiger partial charge in [-0.25, -0.2) is 9.78 Å². The standard InChI is InChI=1S/C14H22N6O4/c1-9-10(20(22)23)11(15)17-12(16-9)18-5-7-19(8-6-18)13(21)24-14(2,3)4/h5-8H2,1-4H3,(H2,15,16,17). The molecule has 0 saturated carbocycles. The molecule has 10 heteroatoms. The molecule has 1 saturated heterocycles. The molecule has 0 spiro atoms. The Bertz CT molecular complexity index is 626. The van der Waals surface area contributed by atoms with E-state index >= 15 is 0 Å². The van der Waals surface area contributed by atoms with Crippen molar-refractivity contribution in [2.75, 3.05) is 36.8 Å². The molecule has 10 nitrogen and oxygen atoms in total. The Balaban J connectivity index is 2.05. The Labute approximate surface area is 139 Å². The van der Waals surface area contributed by atoms with Crippen LogP contribution in [0.1, 0.15) is 26.5 Å². The molecule has 2 N–H and O–H groups in total. The largest absolute Gasteiger partial charge is 0.444 e. The van der Waals surface area contributed by atoms with Crippen LogP contribution in [0.3, 0.4) is 0 Å². The van der Waals surface area contributed by atoms with Crippen molar-refractivity contribution in [1.82, 2.24) is 14.9 Å². The molecule has 0 aromatic carbocycles. The van der Waals surface area contributed by atoms with Gasteiger partial charge in [-0.05, 0) is 27.7 Å². The molecule has 0 aliphatic carbocycles. The second kappa shape index (κ2) is 6.46. The summed E-state index contributed by atoms with van der Waals surface area (Å²) in [5, 5.41) is 10.9. The number of carbonyl (C=O) groups is 1. The number of nitrogens with zero attached hydrogens (tertiary/aromatic N) is 5. The minimum atomic E-state index is -0.588. The van der Waals surface area contributed by atoms with Crippen LogP contribution in [0.25, 0.3) is 0 Å². The molecule has 132 valence electrons. The molecule has 0 radical (unpaired) electrons. The zero-order chi connectivity index (χ0) is 18.1. The summed E-state index contributed by atoms with van der Waals surface area (Å²) >= 11 is 0. The highest BCUT2D eigenvalue weighted by molar-refractivity contribution is 5.68. The van der Waals surface area contributed by atoms with Gasteiger partial charge < -0.3 is 20.3 Å². The van der Waals surface area contributed by atoms with Gasteiger partial charge in [0.25, 0.3) is 0 Å². The van der Waals surface area contributed by atoms with Crippen LogP contribution in [0, 0.1) is 17.0 Å². The number of nitrogen functional groups attached to an aromatic ring is 1. The summed E-state index contributed by atoms with van der Waals surface area (Å²) in [5.74, 6) is 0.177. The van der Waals surface area contributed by atoms with E-state index in [9.17, 15) is 14.9 Å². The van der Waals surface area contributed by atoms with Crippen LogP contribution >= 0.6 is 0 Å². The number of piperazine rings is 1. The van der Waals surface area contributed by atoms with E-state index in [1.165, 1.54) is 6.92 Å². The number of aromatic nitrogens is 2. The number of ether oxygens (including phenoxy) is 1. The van der Waals surface area contributed by atoms with Crippen LogP contribution in [-0.4, -0.2) is 57.7 Å². The molecular formula is C14H22N6O4. The maximum absolute atomic E-state index is 12.0. The topological polar surface area (TPSA) is 128 Å². The Morgan fingerprint density at radius 3 is 2.29 bits per heavy atom. The quantitative estimate of drug-likeness (QED) is 0.632. The second-order valence-electron chi connectivity index (χ2n) is 6.55. The van der Waals surface area contributed by atoms with Crippen molar-refractivity contribution in [3.63, 3.8) is 0 Å². The summed E-state index contributed by atoms with van der Waals surface area (Å²) in [6.07, 6.45) is -0.359. The number of carbonyl (C=O) groups excluding carboxylic acids is 1. The SMILES string of the molecule is Cc1nc(N2CCN(C(=O)OC(C)(C)C)CC2)nc(N)c1[N+](=O)[O-]. The minimum Gasteiger partial charge on any atom is -0.444 e. The van der Waals surface area contributed by atoms with Crippen molar-refractivity contribution < 1.29 is 14.5 Å². The lowest BCUT2D eigenvalue weighted by Gasteiger charge is -2.35. The van der Waals surface area contributed by atoms with Gasteiger partial charge >= 0.3 is 11.8 Å². The van der Waals surface area contributed by atoms with Gasteiger partial charge in [-0.2, -0.15) is 4.98 Å². The normalized spacial score (nSPS) is 15.3. The molecule has 2 heterocycles. The van der Waals surface area contributed by atoms with Gasteiger partial charge in [0.05, 0.1) is 4.92 Å². The van der Waals surface area contributed by atoms with E-state index in [0.29, 0.717) is 32.1 Å². The molecule has 0 atom stereocenters. The van der Waals surface area contributed by atoms with Crippen molar-refractivity contribution in [3.8, 4) is 0 Å². The van der Waals surface area contributed by atoms with E-state index in [1.54, 1.807) is 4.90 Å². The summed E-state index contributed by atoms with van der Waals surface area (Å²) in [6, 6.07) is 0. The number of hydrogen-bond donors (Lipinski definition) is 1. The molecule has 1 amide bonds. The van der Waals surface area contributed by atoms with E-state index in [1.807, 2.05) is 25.7 Å². The smallest absolute Gasteiger partial charge is 0.410 e. The summed E-state index contributed by atoms with van der Waals surface area (Å²) < 4.78 is 5.34. The number of amides is 1. The number of nitro groups is 1. The predicted octanol–water partition coefficient (Wildman–Crippen LogP) is 1.33. The molecule has 0 unspecified atom stereocenters. The third-order valence-electron chi connectivity index (χ3n) is 3.47. The van der Waals surface area contributed by atoms with Crippen molar-refractivity contribution in [3.05, 3.63) is 15.8 Å². The maximum Gasteiger partial charge on any atom is 0.410 e. The highest BCUT2D eigenvalue weighted by Crippen LogP contribution is 2.25. The van der Waals surface area contributed by atoms with E-state index in [2.05, 4.69) is 9.97 Å². The van der Waals surface area contributed by atoms with Gasteiger partial charge in [-0.3, -0.25) is 10.1 Å². The Hall–Kier alpha value is -2.65. The third-order valence-corrected chi connectivity index (χ3v) is 3.47.